The summed E-state index contributed by atoms with van der Waals surface area (Å²) in [6.45, 7) is 3.17. The first-order chi connectivity index (χ1) is 14.4. The maximum absolute atomic E-state index is 12.9. The number of aryl methyl sites for hydroxylation is 1. The maximum atomic E-state index is 12.9. The summed E-state index contributed by atoms with van der Waals surface area (Å²) in [7, 11) is 0. The molecule has 0 aliphatic carbocycles. The first-order valence-corrected chi connectivity index (χ1v) is 9.38. The summed E-state index contributed by atoms with van der Waals surface area (Å²) in [4.78, 5) is 29.7. The zero-order valence-electron chi connectivity index (χ0n) is 16.0. The zero-order chi connectivity index (χ0) is 21.3. The van der Waals surface area contributed by atoms with Crippen molar-refractivity contribution in [3.8, 4) is 11.5 Å². The molecule has 8 nitrogen and oxygen atoms in total. The Hall–Kier alpha value is -3.65. The summed E-state index contributed by atoms with van der Waals surface area (Å²) in [6, 6.07) is 11.5. The van der Waals surface area contributed by atoms with Crippen LogP contribution in [0.5, 0.6) is 0 Å². The first-order valence-electron chi connectivity index (χ1n) is 9.00. The van der Waals surface area contributed by atoms with Gasteiger partial charge >= 0.3 is 5.97 Å². The molecule has 4 rings (SSSR count). The highest BCUT2D eigenvalue weighted by Gasteiger charge is 2.25. The Morgan fingerprint density at radius 2 is 1.97 bits per heavy atom. The minimum absolute atomic E-state index is 0.173. The van der Waals surface area contributed by atoms with E-state index in [1.165, 1.54) is 19.3 Å². The van der Waals surface area contributed by atoms with Gasteiger partial charge in [0.15, 0.2) is 11.9 Å². The second-order valence-electron chi connectivity index (χ2n) is 6.52. The number of pyridine rings is 1. The number of hydrogen-bond acceptors (Lipinski definition) is 7. The van der Waals surface area contributed by atoms with E-state index in [1.807, 2.05) is 0 Å². The quantitative estimate of drug-likeness (QED) is 0.464. The highest BCUT2D eigenvalue weighted by molar-refractivity contribution is 6.30. The van der Waals surface area contributed by atoms with Gasteiger partial charge in [-0.25, -0.2) is 9.78 Å². The van der Waals surface area contributed by atoms with Crippen molar-refractivity contribution in [1.29, 1.82) is 0 Å². The molecule has 1 unspecified atom stereocenters. The lowest BCUT2D eigenvalue weighted by atomic mass is 10.1. The summed E-state index contributed by atoms with van der Waals surface area (Å²) >= 11 is 5.84. The number of halogens is 1. The van der Waals surface area contributed by atoms with E-state index >= 15 is 0 Å². The molecule has 30 heavy (non-hydrogen) atoms. The molecular formula is C21H16ClN3O5. The summed E-state index contributed by atoms with van der Waals surface area (Å²) in [5, 5.41) is 7.51. The maximum Gasteiger partial charge on any atom is 0.339 e. The van der Waals surface area contributed by atoms with Gasteiger partial charge in [-0.3, -0.25) is 4.79 Å². The van der Waals surface area contributed by atoms with Crippen LogP contribution in [-0.4, -0.2) is 28.1 Å². The molecule has 1 N–H and O–H groups in total. The van der Waals surface area contributed by atoms with Gasteiger partial charge in [0.05, 0.1) is 22.9 Å². The molecule has 0 fully saturated rings. The molecular weight excluding hydrogens is 410 g/mol. The predicted molar refractivity (Wildman–Crippen MR) is 109 cm³/mol. The lowest BCUT2D eigenvalue weighted by Gasteiger charge is -2.14. The Morgan fingerprint density at radius 3 is 2.67 bits per heavy atom. The van der Waals surface area contributed by atoms with E-state index in [0.29, 0.717) is 33.2 Å². The van der Waals surface area contributed by atoms with Crippen molar-refractivity contribution in [3.05, 3.63) is 65.0 Å². The van der Waals surface area contributed by atoms with E-state index in [9.17, 15) is 9.59 Å². The number of rotatable bonds is 5. The molecule has 3 aromatic heterocycles. The average molecular weight is 426 g/mol. The van der Waals surface area contributed by atoms with Gasteiger partial charge in [-0.1, -0.05) is 16.8 Å². The molecule has 4 aromatic rings. The molecule has 0 aliphatic heterocycles. The van der Waals surface area contributed by atoms with Crippen molar-refractivity contribution in [2.24, 2.45) is 0 Å². The second kappa shape index (κ2) is 8.00. The third kappa shape index (κ3) is 3.90. The van der Waals surface area contributed by atoms with Gasteiger partial charge in [-0.15, -0.1) is 0 Å². The second-order valence-corrected chi connectivity index (χ2v) is 6.96. The fourth-order valence-electron chi connectivity index (χ4n) is 2.86. The third-order valence-electron chi connectivity index (χ3n) is 4.38. The summed E-state index contributed by atoms with van der Waals surface area (Å²) < 4.78 is 16.0. The number of nitrogens with zero attached hydrogens (tertiary/aromatic N) is 2. The minimum atomic E-state index is -1.05. The zero-order valence-corrected chi connectivity index (χ0v) is 16.8. The molecule has 3 heterocycles. The molecule has 1 amide bonds. The van der Waals surface area contributed by atoms with Crippen LogP contribution in [0.1, 0.15) is 23.0 Å². The number of aromatic nitrogens is 2. The van der Waals surface area contributed by atoms with Crippen LogP contribution in [-0.2, 0) is 9.53 Å². The number of esters is 1. The van der Waals surface area contributed by atoms with Crippen LogP contribution >= 0.6 is 11.6 Å². The fraction of sp³-hybridized carbons (Fsp3) is 0.143. The molecule has 9 heteroatoms. The monoisotopic (exact) mass is 425 g/mol. The molecule has 0 aliphatic rings. The third-order valence-corrected chi connectivity index (χ3v) is 4.63. The molecule has 0 radical (unpaired) electrons. The van der Waals surface area contributed by atoms with Crippen molar-refractivity contribution >= 4 is 40.3 Å². The van der Waals surface area contributed by atoms with Crippen LogP contribution in [0.4, 0.5) is 5.69 Å². The van der Waals surface area contributed by atoms with E-state index in [2.05, 4.69) is 15.5 Å². The highest BCUT2D eigenvalue weighted by Crippen LogP contribution is 2.28. The molecule has 152 valence electrons. The number of ether oxygens (including phenoxy) is 1. The van der Waals surface area contributed by atoms with Gasteiger partial charge in [0.1, 0.15) is 5.69 Å². The van der Waals surface area contributed by atoms with Crippen molar-refractivity contribution in [3.63, 3.8) is 0 Å². The molecule has 0 bridgehead atoms. The lowest BCUT2D eigenvalue weighted by Crippen LogP contribution is -2.30. The predicted octanol–water partition coefficient (Wildman–Crippen LogP) is 4.63. The van der Waals surface area contributed by atoms with Crippen LogP contribution in [0, 0.1) is 6.92 Å². The molecule has 1 aromatic carbocycles. The highest BCUT2D eigenvalue weighted by atomic mass is 35.5. The smallest absolute Gasteiger partial charge is 0.339 e. The topological polar surface area (TPSA) is 107 Å². The first kappa shape index (κ1) is 19.7. The Balaban J connectivity index is 1.58. The van der Waals surface area contributed by atoms with Crippen LogP contribution < -0.4 is 5.32 Å². The van der Waals surface area contributed by atoms with Gasteiger partial charge in [-0.2, -0.15) is 0 Å². The summed E-state index contributed by atoms with van der Waals surface area (Å²) in [5.41, 5.74) is 1.75. The van der Waals surface area contributed by atoms with E-state index in [4.69, 9.17) is 25.3 Å². The van der Waals surface area contributed by atoms with Crippen LogP contribution in [0.25, 0.3) is 22.6 Å². The molecule has 0 saturated heterocycles. The lowest BCUT2D eigenvalue weighted by molar-refractivity contribution is -0.123. The number of benzene rings is 1. The van der Waals surface area contributed by atoms with Crippen LogP contribution in [0.3, 0.4) is 0 Å². The largest absolute Gasteiger partial charge is 0.463 e. The van der Waals surface area contributed by atoms with Gasteiger partial charge in [0.2, 0.25) is 0 Å². The van der Waals surface area contributed by atoms with Crippen LogP contribution in [0.2, 0.25) is 5.02 Å². The van der Waals surface area contributed by atoms with Crippen molar-refractivity contribution in [1.82, 2.24) is 10.1 Å². The van der Waals surface area contributed by atoms with Gasteiger partial charge in [0.25, 0.3) is 11.6 Å². The van der Waals surface area contributed by atoms with Crippen molar-refractivity contribution < 1.29 is 23.3 Å². The normalized spacial score (nSPS) is 12.0. The Labute approximate surface area is 175 Å². The minimum Gasteiger partial charge on any atom is -0.463 e. The summed E-state index contributed by atoms with van der Waals surface area (Å²) in [6.07, 6.45) is 0.442. The van der Waals surface area contributed by atoms with Crippen molar-refractivity contribution in [2.45, 2.75) is 20.0 Å². The Morgan fingerprint density at radius 1 is 1.20 bits per heavy atom. The fourth-order valence-corrected chi connectivity index (χ4v) is 2.99. The number of nitrogens with one attached hydrogen (secondary N) is 1. The molecule has 1 atom stereocenters. The van der Waals surface area contributed by atoms with E-state index in [-0.39, 0.29) is 11.3 Å². The SMILES string of the molecule is Cc1noc2nc(-c3ccco3)cc(C(=O)OC(C)C(=O)Nc3ccc(Cl)cc3)c12. The Bertz CT molecular complexity index is 1220. The number of anilines is 1. The molecule has 0 saturated carbocycles. The number of fused-ring (bicyclic) bond motifs is 1. The Kier molecular flexibility index (Phi) is 5.24. The van der Waals surface area contributed by atoms with Gasteiger partial charge in [0, 0.05) is 10.7 Å². The standard InChI is InChI=1S/C21H16ClN3O5/c1-11-18-15(10-16(17-4-3-9-28-17)24-20(18)30-25-11)21(27)29-12(2)19(26)23-14-7-5-13(22)6-8-14/h3-10,12H,1-2H3,(H,23,26). The van der Waals surface area contributed by atoms with Crippen molar-refractivity contribution in [2.75, 3.05) is 5.32 Å². The van der Waals surface area contributed by atoms with E-state index in [1.54, 1.807) is 43.3 Å². The van der Waals surface area contributed by atoms with E-state index < -0.39 is 18.0 Å². The van der Waals surface area contributed by atoms with Crippen LogP contribution in [0.15, 0.2) is 57.7 Å². The summed E-state index contributed by atoms with van der Waals surface area (Å²) in [5.74, 6) is -0.738. The number of amides is 1. The average Bonchev–Trinajstić information content (AvgIpc) is 3.39. The van der Waals surface area contributed by atoms with Gasteiger partial charge in [-0.05, 0) is 56.3 Å². The molecule has 0 spiro atoms. The number of carbonyl (C=O) groups is 2. The van der Waals surface area contributed by atoms with E-state index in [0.717, 1.165) is 0 Å². The number of hydrogen-bond donors (Lipinski definition) is 1. The number of carbonyl (C=O) groups excluding carboxylic acids is 2. The number of furan rings is 1. The van der Waals surface area contributed by atoms with Gasteiger partial charge < -0.3 is 19.0 Å².